The number of hydrogen-bond acceptors (Lipinski definition) is 4. The van der Waals surface area contributed by atoms with Crippen LogP contribution in [0.3, 0.4) is 0 Å². The number of rotatable bonds is 4. The Balaban J connectivity index is 1.68. The van der Waals surface area contributed by atoms with Crippen molar-refractivity contribution in [3.63, 3.8) is 0 Å². The van der Waals surface area contributed by atoms with Gasteiger partial charge >= 0.3 is 7.12 Å². The molecule has 132 valence electrons. The third-order valence-electron chi connectivity index (χ3n) is 5.73. The van der Waals surface area contributed by atoms with Crippen LogP contribution < -0.4 is 5.46 Å². The van der Waals surface area contributed by atoms with Gasteiger partial charge in [0.05, 0.1) is 23.4 Å². The topological polar surface area (TPSA) is 58.9 Å². The summed E-state index contributed by atoms with van der Waals surface area (Å²) in [6, 6.07) is 5.14. The summed E-state index contributed by atoms with van der Waals surface area (Å²) in [5.41, 5.74) is -0.630. The predicted octanol–water partition coefficient (Wildman–Crippen LogP) is 1.80. The molecule has 3 rings (SSSR count). The molecular weight excluding hydrogens is 310 g/mol. The van der Waals surface area contributed by atoms with Gasteiger partial charge in [-0.1, -0.05) is 12.1 Å². The molecule has 6 heteroatoms. The Labute approximate surface area is 143 Å². The van der Waals surface area contributed by atoms with E-state index in [1.807, 2.05) is 33.8 Å². The Hall–Kier alpha value is -0.945. The van der Waals surface area contributed by atoms with Crippen LogP contribution in [0.1, 0.15) is 46.1 Å². The highest BCUT2D eigenvalue weighted by molar-refractivity contribution is 6.62. The van der Waals surface area contributed by atoms with E-state index in [1.54, 1.807) is 6.07 Å². The molecule has 0 spiro atoms. The van der Waals surface area contributed by atoms with Crippen molar-refractivity contribution in [2.24, 2.45) is 5.92 Å². The monoisotopic (exact) mass is 336 g/mol. The Kier molecular flexibility index (Phi) is 4.32. The van der Waals surface area contributed by atoms with E-state index in [9.17, 15) is 9.50 Å². The Morgan fingerprint density at radius 2 is 1.75 bits per heavy atom. The minimum atomic E-state index is -0.939. The summed E-state index contributed by atoms with van der Waals surface area (Å²) in [5.74, 6) is -0.0491. The molecule has 2 N–H and O–H groups in total. The van der Waals surface area contributed by atoms with Crippen molar-refractivity contribution in [3.8, 4) is 0 Å². The van der Waals surface area contributed by atoms with Crippen LogP contribution in [-0.4, -0.2) is 40.7 Å². The zero-order valence-electron chi connectivity index (χ0n) is 14.8. The second kappa shape index (κ2) is 5.80. The molecule has 0 radical (unpaired) electrons. The van der Waals surface area contributed by atoms with Gasteiger partial charge in [-0.2, -0.15) is 0 Å². The van der Waals surface area contributed by atoms with Gasteiger partial charge in [0.2, 0.25) is 0 Å². The van der Waals surface area contributed by atoms with Crippen LogP contribution in [0.5, 0.6) is 0 Å². The predicted molar refractivity (Wildman–Crippen MR) is 90.6 cm³/mol. The van der Waals surface area contributed by atoms with Crippen molar-refractivity contribution in [2.45, 2.75) is 63.8 Å². The third-order valence-corrected chi connectivity index (χ3v) is 5.73. The molecule has 1 saturated carbocycles. The van der Waals surface area contributed by atoms with Crippen molar-refractivity contribution < 1.29 is 23.9 Å². The summed E-state index contributed by atoms with van der Waals surface area (Å²) >= 11 is 0. The van der Waals surface area contributed by atoms with Crippen LogP contribution in [0.4, 0.5) is 4.39 Å². The molecule has 24 heavy (non-hydrogen) atoms. The van der Waals surface area contributed by atoms with E-state index < -0.39 is 23.9 Å². The fourth-order valence-electron chi connectivity index (χ4n) is 3.48. The first-order valence-electron chi connectivity index (χ1n) is 8.52. The van der Waals surface area contributed by atoms with Crippen LogP contribution in [-0.2, 0) is 15.7 Å². The standard InChI is InChI=1S/C18H26BFO4/c1-16(2)17(3,4)24-19(23-16)14-6-5-12(8-15(14)20)7-13-9-18(22,10-13)11-21/h5-6,8,13,21-22H,7,9-11H2,1-4H3. The van der Waals surface area contributed by atoms with E-state index >= 15 is 0 Å². The Bertz CT molecular complexity index is 609. The molecule has 0 aromatic heterocycles. The molecule has 1 aliphatic carbocycles. The highest BCUT2D eigenvalue weighted by Crippen LogP contribution is 2.39. The summed E-state index contributed by atoms with van der Waals surface area (Å²) in [7, 11) is -0.702. The molecule has 0 bridgehead atoms. The van der Waals surface area contributed by atoms with Crippen LogP contribution in [0, 0.1) is 11.7 Å². The molecule has 1 aromatic rings. The first-order valence-corrected chi connectivity index (χ1v) is 8.52. The highest BCUT2D eigenvalue weighted by atomic mass is 19.1. The SMILES string of the molecule is CC1(C)OB(c2ccc(CC3CC(O)(CO)C3)cc2F)OC1(C)C. The van der Waals surface area contributed by atoms with Gasteiger partial charge in [0.15, 0.2) is 0 Å². The first kappa shape index (κ1) is 17.9. The highest BCUT2D eigenvalue weighted by Gasteiger charge is 2.52. The van der Waals surface area contributed by atoms with Gasteiger partial charge in [-0.05, 0) is 64.5 Å². The lowest BCUT2D eigenvalue weighted by molar-refractivity contribution is -0.106. The van der Waals surface area contributed by atoms with Crippen molar-refractivity contribution in [1.29, 1.82) is 0 Å². The zero-order chi connectivity index (χ0) is 17.8. The van der Waals surface area contributed by atoms with Crippen LogP contribution in [0.25, 0.3) is 0 Å². The van der Waals surface area contributed by atoms with E-state index in [-0.39, 0.29) is 18.3 Å². The molecule has 0 amide bonds. The number of aliphatic hydroxyl groups is 2. The van der Waals surface area contributed by atoms with Crippen molar-refractivity contribution in [2.75, 3.05) is 6.61 Å². The molecule has 1 saturated heterocycles. The maximum Gasteiger partial charge on any atom is 0.497 e. The summed E-state index contributed by atoms with van der Waals surface area (Å²) in [4.78, 5) is 0. The molecule has 4 nitrogen and oxygen atoms in total. The van der Waals surface area contributed by atoms with Gasteiger partial charge in [-0.15, -0.1) is 0 Å². The zero-order valence-corrected chi connectivity index (χ0v) is 14.8. The second-order valence-corrected chi connectivity index (χ2v) is 8.30. The Morgan fingerprint density at radius 1 is 1.17 bits per heavy atom. The summed E-state index contributed by atoms with van der Waals surface area (Å²) < 4.78 is 26.4. The van der Waals surface area contributed by atoms with Crippen molar-refractivity contribution in [1.82, 2.24) is 0 Å². The lowest BCUT2D eigenvalue weighted by atomic mass is 9.69. The first-order chi connectivity index (χ1) is 11.1. The summed E-state index contributed by atoms with van der Waals surface area (Å²) in [6.45, 7) is 7.56. The smallest absolute Gasteiger partial charge is 0.399 e. The molecule has 2 aliphatic rings. The minimum Gasteiger partial charge on any atom is -0.399 e. The Morgan fingerprint density at radius 3 is 2.25 bits per heavy atom. The second-order valence-electron chi connectivity index (χ2n) is 8.30. The van der Waals surface area contributed by atoms with Crippen LogP contribution in [0.15, 0.2) is 18.2 Å². The molecule has 1 heterocycles. The molecule has 1 aromatic carbocycles. The van der Waals surface area contributed by atoms with E-state index in [0.717, 1.165) is 5.56 Å². The van der Waals surface area contributed by atoms with Gasteiger partial charge in [0.1, 0.15) is 5.82 Å². The van der Waals surface area contributed by atoms with Crippen molar-refractivity contribution in [3.05, 3.63) is 29.6 Å². The minimum absolute atomic E-state index is 0.210. The van der Waals surface area contributed by atoms with Gasteiger partial charge < -0.3 is 19.5 Å². The number of benzene rings is 1. The fourth-order valence-corrected chi connectivity index (χ4v) is 3.48. The van der Waals surface area contributed by atoms with Gasteiger partial charge in [0, 0.05) is 5.46 Å². The van der Waals surface area contributed by atoms with Crippen LogP contribution >= 0.6 is 0 Å². The quantitative estimate of drug-likeness (QED) is 0.824. The summed E-state index contributed by atoms with van der Waals surface area (Å²) in [5, 5.41) is 18.9. The maximum atomic E-state index is 14.5. The molecule has 1 aliphatic heterocycles. The maximum absolute atomic E-state index is 14.5. The van der Waals surface area contributed by atoms with E-state index in [2.05, 4.69) is 0 Å². The number of aliphatic hydroxyl groups excluding tert-OH is 1. The normalized spacial score (nSPS) is 31.1. The largest absolute Gasteiger partial charge is 0.497 e. The van der Waals surface area contributed by atoms with Gasteiger partial charge in [0.25, 0.3) is 0 Å². The lowest BCUT2D eigenvalue weighted by Crippen LogP contribution is -2.47. The fraction of sp³-hybridized carbons (Fsp3) is 0.667. The molecule has 0 unspecified atom stereocenters. The van der Waals surface area contributed by atoms with E-state index in [4.69, 9.17) is 14.4 Å². The number of halogens is 1. The summed E-state index contributed by atoms with van der Waals surface area (Å²) in [6.07, 6.45) is 1.82. The molecule has 2 fully saturated rings. The van der Waals surface area contributed by atoms with Gasteiger partial charge in [-0.3, -0.25) is 0 Å². The van der Waals surface area contributed by atoms with E-state index in [0.29, 0.717) is 24.7 Å². The number of hydrogen-bond donors (Lipinski definition) is 2. The average molecular weight is 336 g/mol. The third kappa shape index (κ3) is 3.13. The lowest BCUT2D eigenvalue weighted by Gasteiger charge is -2.42. The van der Waals surface area contributed by atoms with Gasteiger partial charge in [-0.25, -0.2) is 4.39 Å². The van der Waals surface area contributed by atoms with Crippen LogP contribution in [0.2, 0.25) is 0 Å². The van der Waals surface area contributed by atoms with Crippen molar-refractivity contribution >= 4 is 12.6 Å². The average Bonchev–Trinajstić information content (AvgIpc) is 2.65. The molecular formula is C18H26BFO4. The molecule has 0 atom stereocenters. The van der Waals surface area contributed by atoms with E-state index in [1.165, 1.54) is 6.07 Å².